The Bertz CT molecular complexity index is 2970. The van der Waals surface area contributed by atoms with E-state index in [4.69, 9.17) is 0 Å². The molecule has 0 aromatic heterocycles. The van der Waals surface area contributed by atoms with E-state index in [1.54, 1.807) is 0 Å². The Morgan fingerprint density at radius 2 is 0.484 bits per heavy atom. The summed E-state index contributed by atoms with van der Waals surface area (Å²) in [6.07, 6.45) is 0. The van der Waals surface area contributed by atoms with Crippen molar-refractivity contribution in [2.24, 2.45) is 0 Å². The lowest BCUT2D eigenvalue weighted by Gasteiger charge is -2.26. The summed E-state index contributed by atoms with van der Waals surface area (Å²) in [5, 5.41) is 0. The van der Waals surface area contributed by atoms with Crippen LogP contribution in [0.1, 0.15) is 16.7 Å². The van der Waals surface area contributed by atoms with Crippen LogP contribution in [0.15, 0.2) is 267 Å². The highest BCUT2D eigenvalue weighted by Gasteiger charge is 2.14. The van der Waals surface area contributed by atoms with E-state index < -0.39 is 0 Å². The van der Waals surface area contributed by atoms with Gasteiger partial charge < -0.3 is 4.90 Å². The van der Waals surface area contributed by atoms with Gasteiger partial charge in [0.15, 0.2) is 0 Å². The Hall–Kier alpha value is -8.00. The molecule has 0 aliphatic heterocycles. The minimum atomic E-state index is 1.13. The fourth-order valence-corrected chi connectivity index (χ4v) is 7.77. The number of para-hydroxylation sites is 1. The molecule has 0 aliphatic carbocycles. The molecule has 0 atom stereocenters. The zero-order valence-electron chi connectivity index (χ0n) is 36.9. The van der Waals surface area contributed by atoms with Crippen molar-refractivity contribution >= 4 is 17.1 Å². The molecule has 0 bridgehead atoms. The van der Waals surface area contributed by atoms with Gasteiger partial charge in [0.1, 0.15) is 0 Å². The van der Waals surface area contributed by atoms with Crippen molar-refractivity contribution in [3.05, 3.63) is 284 Å². The minimum absolute atomic E-state index is 1.13. The van der Waals surface area contributed by atoms with Gasteiger partial charge in [0, 0.05) is 17.1 Å². The molecule has 0 fully saturated rings. The number of benzene rings is 10. The van der Waals surface area contributed by atoms with Crippen LogP contribution in [0.5, 0.6) is 0 Å². The monoisotopic (exact) mass is 823 g/mol. The first-order chi connectivity index (χ1) is 31.5. The molecule has 10 rings (SSSR count). The molecule has 1 heteroatoms. The van der Waals surface area contributed by atoms with Gasteiger partial charge in [0.25, 0.3) is 0 Å². The van der Waals surface area contributed by atoms with Gasteiger partial charge in [-0.2, -0.15) is 0 Å². The molecule has 0 saturated carbocycles. The lowest BCUT2D eigenvalue weighted by atomic mass is 9.98. The van der Waals surface area contributed by atoms with Crippen LogP contribution in [0.4, 0.5) is 17.1 Å². The molecule has 0 saturated heterocycles. The molecule has 1 nitrogen and oxygen atoms in total. The second kappa shape index (κ2) is 21.2. The third-order valence-electron chi connectivity index (χ3n) is 11.2. The third-order valence-corrected chi connectivity index (χ3v) is 11.2. The molecule has 10 aromatic rings. The maximum Gasteiger partial charge on any atom is 0.0467 e. The molecule has 0 unspecified atom stereocenters. The van der Waals surface area contributed by atoms with Gasteiger partial charge in [0.05, 0.1) is 0 Å². The van der Waals surface area contributed by atoms with Crippen molar-refractivity contribution < 1.29 is 0 Å². The molecular weight excluding hydrogens is 771 g/mol. The fraction of sp³-hybridized carbons (Fsp3) is 0.0476. The Morgan fingerprint density at radius 3 is 0.953 bits per heavy atom. The SMILES string of the molecule is Cc1ccc(-c2ccc(N(c3ccccc3)c3cccc(-c4cccc(-c5ccccc5)c4)c3)cc2)cc1.Cc1cccc(-c2cccc(-c3ccccc3)c2)c1.Cc1ccccc1. The Morgan fingerprint density at radius 1 is 0.188 bits per heavy atom. The molecule has 0 heterocycles. The molecule has 64 heavy (non-hydrogen) atoms. The van der Waals surface area contributed by atoms with Crippen LogP contribution in [0.2, 0.25) is 0 Å². The highest BCUT2D eigenvalue weighted by atomic mass is 15.1. The van der Waals surface area contributed by atoms with Crippen molar-refractivity contribution in [3.63, 3.8) is 0 Å². The van der Waals surface area contributed by atoms with Gasteiger partial charge in [-0.05, 0) is 125 Å². The Balaban J connectivity index is 0.000000177. The van der Waals surface area contributed by atoms with Crippen LogP contribution in [0, 0.1) is 20.8 Å². The summed E-state index contributed by atoms with van der Waals surface area (Å²) in [6, 6.07) is 94.4. The van der Waals surface area contributed by atoms with E-state index in [9.17, 15) is 0 Å². The molecule has 310 valence electrons. The Labute approximate surface area is 380 Å². The molecule has 10 aromatic carbocycles. The molecule has 0 radical (unpaired) electrons. The van der Waals surface area contributed by atoms with E-state index in [1.807, 2.05) is 24.3 Å². The first kappa shape index (κ1) is 42.7. The molecular formula is C63H53N. The van der Waals surface area contributed by atoms with E-state index in [0.717, 1.165) is 17.1 Å². The summed E-state index contributed by atoms with van der Waals surface area (Å²) < 4.78 is 0. The fourth-order valence-electron chi connectivity index (χ4n) is 7.77. The number of rotatable bonds is 8. The zero-order valence-corrected chi connectivity index (χ0v) is 36.9. The van der Waals surface area contributed by atoms with Crippen LogP contribution in [-0.4, -0.2) is 0 Å². The van der Waals surface area contributed by atoms with E-state index in [0.29, 0.717) is 0 Å². The summed E-state index contributed by atoms with van der Waals surface area (Å²) in [6.45, 7) is 6.33. The summed E-state index contributed by atoms with van der Waals surface area (Å²) >= 11 is 0. The summed E-state index contributed by atoms with van der Waals surface area (Å²) in [5.41, 5.74) is 19.6. The number of aryl methyl sites for hydroxylation is 3. The highest BCUT2D eigenvalue weighted by Crippen LogP contribution is 2.38. The minimum Gasteiger partial charge on any atom is -0.310 e. The summed E-state index contributed by atoms with van der Waals surface area (Å²) in [5.74, 6) is 0. The normalized spacial score (nSPS) is 10.4. The van der Waals surface area contributed by atoms with Crippen molar-refractivity contribution in [3.8, 4) is 55.6 Å². The van der Waals surface area contributed by atoms with Gasteiger partial charge in [-0.3, -0.25) is 0 Å². The average molecular weight is 824 g/mol. The van der Waals surface area contributed by atoms with Crippen molar-refractivity contribution in [2.75, 3.05) is 4.90 Å². The van der Waals surface area contributed by atoms with E-state index in [2.05, 4.69) is 268 Å². The number of hydrogen-bond donors (Lipinski definition) is 0. The van der Waals surface area contributed by atoms with Crippen molar-refractivity contribution in [1.82, 2.24) is 0 Å². The second-order valence-corrected chi connectivity index (χ2v) is 16.1. The van der Waals surface area contributed by atoms with Crippen LogP contribution in [-0.2, 0) is 0 Å². The largest absolute Gasteiger partial charge is 0.310 e. The molecule has 0 amide bonds. The van der Waals surface area contributed by atoms with Crippen LogP contribution < -0.4 is 4.90 Å². The summed E-state index contributed by atoms with van der Waals surface area (Å²) in [4.78, 5) is 2.32. The first-order valence-corrected chi connectivity index (χ1v) is 22.0. The predicted octanol–water partition coefficient (Wildman–Crippen LogP) is 17.8. The predicted molar refractivity (Wildman–Crippen MR) is 275 cm³/mol. The highest BCUT2D eigenvalue weighted by molar-refractivity contribution is 5.82. The van der Waals surface area contributed by atoms with Crippen LogP contribution >= 0.6 is 0 Å². The lowest BCUT2D eigenvalue weighted by molar-refractivity contribution is 1.28. The van der Waals surface area contributed by atoms with E-state index in [-0.39, 0.29) is 0 Å². The van der Waals surface area contributed by atoms with E-state index in [1.165, 1.54) is 72.3 Å². The molecule has 0 N–H and O–H groups in total. The van der Waals surface area contributed by atoms with Crippen molar-refractivity contribution in [2.45, 2.75) is 20.8 Å². The maximum atomic E-state index is 2.32. The Kier molecular flexibility index (Phi) is 14.1. The smallest absolute Gasteiger partial charge is 0.0467 e. The van der Waals surface area contributed by atoms with Gasteiger partial charge >= 0.3 is 0 Å². The number of nitrogens with zero attached hydrogens (tertiary/aromatic N) is 1. The maximum absolute atomic E-state index is 2.32. The summed E-state index contributed by atoms with van der Waals surface area (Å²) in [7, 11) is 0. The topological polar surface area (TPSA) is 3.24 Å². The molecule has 0 spiro atoms. The zero-order chi connectivity index (χ0) is 43.9. The average Bonchev–Trinajstić information content (AvgIpc) is 3.36. The number of hydrogen-bond acceptors (Lipinski definition) is 1. The first-order valence-electron chi connectivity index (χ1n) is 22.0. The van der Waals surface area contributed by atoms with Gasteiger partial charge in [-0.1, -0.05) is 235 Å². The van der Waals surface area contributed by atoms with Gasteiger partial charge in [-0.25, -0.2) is 0 Å². The van der Waals surface area contributed by atoms with Crippen LogP contribution in [0.3, 0.4) is 0 Å². The molecule has 0 aliphatic rings. The van der Waals surface area contributed by atoms with E-state index >= 15 is 0 Å². The number of anilines is 3. The van der Waals surface area contributed by atoms with Gasteiger partial charge in [-0.15, -0.1) is 0 Å². The van der Waals surface area contributed by atoms with Crippen molar-refractivity contribution in [1.29, 1.82) is 0 Å². The standard InChI is InChI=1S/C37H29N.C19H16.C7H8/c1-28-18-20-30(21-19-28)31-22-24-36(25-23-31)38(35-15-6-3-7-16-35)37-17-9-14-34(27-37)33-13-8-12-32(26-33)29-10-4-2-5-11-29;1-15-7-5-10-17(13-15)19-12-6-11-18(14-19)16-8-3-2-4-9-16;1-7-5-3-2-4-6-7/h2-27H,1H3;2-14H,1H3;2-6H,1H3. The second-order valence-electron chi connectivity index (χ2n) is 16.1. The van der Waals surface area contributed by atoms with Crippen LogP contribution in [0.25, 0.3) is 55.6 Å². The third kappa shape index (κ3) is 11.3. The van der Waals surface area contributed by atoms with Gasteiger partial charge in [0.2, 0.25) is 0 Å². The quantitative estimate of drug-likeness (QED) is 0.148. The lowest BCUT2D eigenvalue weighted by Crippen LogP contribution is -2.09.